The summed E-state index contributed by atoms with van der Waals surface area (Å²) in [7, 11) is 0. The molecule has 1 N–H and O–H groups in total. The highest BCUT2D eigenvalue weighted by atomic mass is 35.5. The topological polar surface area (TPSA) is 81.0 Å². The summed E-state index contributed by atoms with van der Waals surface area (Å²) in [6.45, 7) is 6.26. The van der Waals surface area contributed by atoms with Crippen molar-refractivity contribution in [3.63, 3.8) is 0 Å². The third-order valence-corrected chi connectivity index (χ3v) is 3.21. The highest BCUT2D eigenvalue weighted by Gasteiger charge is 2.19. The van der Waals surface area contributed by atoms with E-state index in [1.165, 1.54) is 6.07 Å². The molecule has 22 heavy (non-hydrogen) atoms. The average Bonchev–Trinajstić information content (AvgIpc) is 2.44. The van der Waals surface area contributed by atoms with Crippen LogP contribution >= 0.6 is 11.6 Å². The van der Waals surface area contributed by atoms with Gasteiger partial charge in [0.15, 0.2) is 0 Å². The molecule has 0 saturated heterocycles. The number of nitrogens with zero attached hydrogens (tertiary/aromatic N) is 3. The van der Waals surface area contributed by atoms with E-state index in [2.05, 4.69) is 15.3 Å². The molecular formula is C15H17ClN4O2. The first-order valence-corrected chi connectivity index (χ1v) is 7.16. The largest absolute Gasteiger partial charge is 0.366 e. The summed E-state index contributed by atoms with van der Waals surface area (Å²) in [4.78, 5) is 19.2. The van der Waals surface area contributed by atoms with Crippen molar-refractivity contribution in [2.24, 2.45) is 0 Å². The van der Waals surface area contributed by atoms with Crippen molar-refractivity contribution in [3.8, 4) is 0 Å². The van der Waals surface area contributed by atoms with Crippen LogP contribution in [0.1, 0.15) is 32.2 Å². The fourth-order valence-electron chi connectivity index (χ4n) is 1.87. The molecule has 1 aromatic heterocycles. The van der Waals surface area contributed by atoms with Crippen molar-refractivity contribution >= 4 is 23.1 Å². The predicted octanol–water partition coefficient (Wildman–Crippen LogP) is 3.95. The second-order valence-electron chi connectivity index (χ2n) is 5.89. The zero-order valence-corrected chi connectivity index (χ0v) is 13.4. The molecule has 0 saturated carbocycles. The Morgan fingerprint density at radius 2 is 1.95 bits per heavy atom. The van der Waals surface area contributed by atoms with Gasteiger partial charge < -0.3 is 5.32 Å². The van der Waals surface area contributed by atoms with Crippen molar-refractivity contribution in [1.82, 2.24) is 9.97 Å². The molecule has 0 aliphatic carbocycles. The molecule has 0 aliphatic rings. The number of benzene rings is 1. The summed E-state index contributed by atoms with van der Waals surface area (Å²) in [6, 6.07) is 8.19. The second kappa shape index (κ2) is 6.27. The monoisotopic (exact) mass is 320 g/mol. The number of hydrogen-bond donors (Lipinski definition) is 1. The fraction of sp³-hybridized carbons (Fsp3) is 0.333. The summed E-state index contributed by atoms with van der Waals surface area (Å²) in [5.41, 5.74) is 0.422. The van der Waals surface area contributed by atoms with Gasteiger partial charge in [0.25, 0.3) is 5.69 Å². The van der Waals surface area contributed by atoms with Crippen molar-refractivity contribution in [1.29, 1.82) is 0 Å². The first kappa shape index (κ1) is 16.2. The minimum atomic E-state index is -0.398. The summed E-state index contributed by atoms with van der Waals surface area (Å²) < 4.78 is 0. The number of para-hydroxylation sites is 1. The highest BCUT2D eigenvalue weighted by molar-refractivity contribution is 6.29. The van der Waals surface area contributed by atoms with Gasteiger partial charge in [-0.05, 0) is 0 Å². The van der Waals surface area contributed by atoms with E-state index in [4.69, 9.17) is 11.6 Å². The maximum Gasteiger partial charge on any atom is 0.274 e. The van der Waals surface area contributed by atoms with Crippen molar-refractivity contribution in [3.05, 3.63) is 57.0 Å². The SMILES string of the molecule is CC(C)(C)c1nc(Cl)cc(NCc2ccccc2[N+](=O)[O-])n1. The fourth-order valence-corrected chi connectivity index (χ4v) is 2.05. The lowest BCUT2D eigenvalue weighted by atomic mass is 9.96. The van der Waals surface area contributed by atoms with Crippen molar-refractivity contribution in [2.75, 3.05) is 5.32 Å². The van der Waals surface area contributed by atoms with Gasteiger partial charge in [-0.3, -0.25) is 10.1 Å². The number of anilines is 1. The number of nitro groups is 1. The van der Waals surface area contributed by atoms with Crippen LogP contribution in [0.15, 0.2) is 30.3 Å². The maximum atomic E-state index is 11.0. The van der Waals surface area contributed by atoms with E-state index in [0.717, 1.165) is 0 Å². The minimum absolute atomic E-state index is 0.0752. The van der Waals surface area contributed by atoms with E-state index >= 15 is 0 Å². The quantitative estimate of drug-likeness (QED) is 0.524. The zero-order chi connectivity index (χ0) is 16.3. The Morgan fingerprint density at radius 3 is 2.59 bits per heavy atom. The minimum Gasteiger partial charge on any atom is -0.366 e. The molecule has 2 rings (SSSR count). The van der Waals surface area contributed by atoms with Gasteiger partial charge in [-0.2, -0.15) is 0 Å². The smallest absolute Gasteiger partial charge is 0.274 e. The molecule has 0 aliphatic heterocycles. The number of aromatic nitrogens is 2. The van der Waals surface area contributed by atoms with Gasteiger partial charge in [0.05, 0.1) is 4.92 Å². The van der Waals surface area contributed by atoms with Gasteiger partial charge >= 0.3 is 0 Å². The summed E-state index contributed by atoms with van der Waals surface area (Å²) in [5, 5.41) is 14.4. The Bertz CT molecular complexity index is 698. The number of nitro benzene ring substituents is 1. The van der Waals surface area contributed by atoms with E-state index in [-0.39, 0.29) is 17.6 Å². The number of rotatable bonds is 4. The molecule has 0 atom stereocenters. The second-order valence-corrected chi connectivity index (χ2v) is 6.28. The molecule has 0 fully saturated rings. The molecule has 1 heterocycles. The number of nitrogens with one attached hydrogen (secondary N) is 1. The van der Waals surface area contributed by atoms with Gasteiger partial charge in [-0.1, -0.05) is 50.6 Å². The van der Waals surface area contributed by atoms with Crippen molar-refractivity contribution in [2.45, 2.75) is 32.7 Å². The standard InChI is InChI=1S/C15H17ClN4O2/c1-15(2,3)14-18-12(16)8-13(19-14)17-9-10-6-4-5-7-11(10)20(21)22/h4-8H,9H2,1-3H3,(H,17,18,19). The third kappa shape index (κ3) is 3.92. The van der Waals surface area contributed by atoms with Crippen LogP contribution in [0, 0.1) is 10.1 Å². The normalized spacial score (nSPS) is 11.3. The van der Waals surface area contributed by atoms with E-state index in [1.807, 2.05) is 20.8 Å². The number of hydrogen-bond acceptors (Lipinski definition) is 5. The van der Waals surface area contributed by atoms with E-state index in [1.54, 1.807) is 24.3 Å². The summed E-state index contributed by atoms with van der Waals surface area (Å²) >= 11 is 6.02. The van der Waals surface area contributed by atoms with Crippen LogP contribution < -0.4 is 5.32 Å². The van der Waals surface area contributed by atoms with E-state index < -0.39 is 4.92 Å². The molecule has 0 unspecified atom stereocenters. The molecule has 0 amide bonds. The average molecular weight is 321 g/mol. The predicted molar refractivity (Wildman–Crippen MR) is 86.2 cm³/mol. The highest BCUT2D eigenvalue weighted by Crippen LogP contribution is 2.23. The molecule has 0 radical (unpaired) electrons. The van der Waals surface area contributed by atoms with Gasteiger partial charge in [-0.25, -0.2) is 9.97 Å². The van der Waals surface area contributed by atoms with Crippen LogP contribution in [0.2, 0.25) is 5.15 Å². The lowest BCUT2D eigenvalue weighted by Crippen LogP contribution is -2.17. The van der Waals surface area contributed by atoms with Crippen LogP contribution in [0.4, 0.5) is 11.5 Å². The number of halogens is 1. The summed E-state index contributed by atoms with van der Waals surface area (Å²) in [5.74, 6) is 1.16. The van der Waals surface area contributed by atoms with Crippen LogP contribution in [0.5, 0.6) is 0 Å². The Labute approximate surface area is 133 Å². The van der Waals surface area contributed by atoms with Gasteiger partial charge in [0, 0.05) is 29.7 Å². The maximum absolute atomic E-state index is 11.0. The van der Waals surface area contributed by atoms with Gasteiger partial charge in [0.2, 0.25) is 0 Å². The third-order valence-electron chi connectivity index (χ3n) is 3.01. The molecule has 6 nitrogen and oxygen atoms in total. The Kier molecular flexibility index (Phi) is 4.61. The van der Waals surface area contributed by atoms with Crippen LogP contribution in [-0.2, 0) is 12.0 Å². The zero-order valence-electron chi connectivity index (χ0n) is 12.6. The first-order valence-electron chi connectivity index (χ1n) is 6.78. The van der Waals surface area contributed by atoms with E-state index in [0.29, 0.717) is 22.4 Å². The summed E-state index contributed by atoms with van der Waals surface area (Å²) in [6.07, 6.45) is 0. The van der Waals surface area contributed by atoms with Crippen LogP contribution in [-0.4, -0.2) is 14.9 Å². The Morgan fingerprint density at radius 1 is 1.27 bits per heavy atom. The molecule has 0 bridgehead atoms. The van der Waals surface area contributed by atoms with E-state index in [9.17, 15) is 10.1 Å². The van der Waals surface area contributed by atoms with Crippen LogP contribution in [0.3, 0.4) is 0 Å². The molecular weight excluding hydrogens is 304 g/mol. The molecule has 0 spiro atoms. The van der Waals surface area contributed by atoms with Crippen LogP contribution in [0.25, 0.3) is 0 Å². The Hall–Kier alpha value is -2.21. The Balaban J connectivity index is 2.22. The van der Waals surface area contributed by atoms with Crippen molar-refractivity contribution < 1.29 is 4.92 Å². The molecule has 1 aromatic carbocycles. The molecule has 116 valence electrons. The lowest BCUT2D eigenvalue weighted by molar-refractivity contribution is -0.385. The lowest BCUT2D eigenvalue weighted by Gasteiger charge is -2.17. The molecule has 7 heteroatoms. The van der Waals surface area contributed by atoms with Gasteiger partial charge in [-0.15, -0.1) is 0 Å². The van der Waals surface area contributed by atoms with Gasteiger partial charge in [0.1, 0.15) is 16.8 Å². The first-order chi connectivity index (χ1) is 10.3. The molecule has 2 aromatic rings.